The molecule has 0 unspecified atom stereocenters. The molecule has 0 aliphatic carbocycles. The molecule has 108 valence electrons. The van der Waals surface area contributed by atoms with Crippen LogP contribution in [0.5, 0.6) is 0 Å². The van der Waals surface area contributed by atoms with Crippen molar-refractivity contribution in [2.24, 2.45) is 0 Å². The van der Waals surface area contributed by atoms with E-state index in [0.29, 0.717) is 6.42 Å². The van der Waals surface area contributed by atoms with Crippen molar-refractivity contribution in [2.75, 3.05) is 7.05 Å². The molecule has 0 spiro atoms. The minimum Gasteiger partial charge on any atom is -0.342 e. The third kappa shape index (κ3) is 3.18. The van der Waals surface area contributed by atoms with Gasteiger partial charge in [0.2, 0.25) is 11.8 Å². The molecule has 20 heavy (non-hydrogen) atoms. The Labute approximate surface area is 120 Å². The van der Waals surface area contributed by atoms with Gasteiger partial charge in [0, 0.05) is 13.5 Å². The number of nitrogens with one attached hydrogen (secondary N) is 1. The van der Waals surface area contributed by atoms with Crippen LogP contribution in [0, 0.1) is 0 Å². The van der Waals surface area contributed by atoms with Gasteiger partial charge in [0.1, 0.15) is 12.1 Å². The Morgan fingerprint density at radius 2 is 1.90 bits per heavy atom. The molecule has 2 rings (SSSR count). The average molecular weight is 274 g/mol. The van der Waals surface area contributed by atoms with Gasteiger partial charge in [-0.1, -0.05) is 50.1 Å². The molecule has 2 amide bonds. The van der Waals surface area contributed by atoms with Crippen LogP contribution in [0.1, 0.15) is 31.7 Å². The summed E-state index contributed by atoms with van der Waals surface area (Å²) < 4.78 is 0. The quantitative estimate of drug-likeness (QED) is 0.889. The van der Waals surface area contributed by atoms with E-state index in [-0.39, 0.29) is 17.9 Å². The first-order chi connectivity index (χ1) is 9.63. The summed E-state index contributed by atoms with van der Waals surface area (Å²) in [5.74, 6) is -0.0176. The van der Waals surface area contributed by atoms with Gasteiger partial charge in [0.05, 0.1) is 0 Å². The Kier molecular flexibility index (Phi) is 4.77. The van der Waals surface area contributed by atoms with E-state index in [9.17, 15) is 9.59 Å². The predicted molar refractivity (Wildman–Crippen MR) is 78.2 cm³/mol. The normalized spacial score (nSPS) is 22.8. The molecule has 0 radical (unpaired) electrons. The molecule has 1 aliphatic rings. The number of hydrogen-bond acceptors (Lipinski definition) is 2. The third-order valence-electron chi connectivity index (χ3n) is 3.85. The highest BCUT2D eigenvalue weighted by Gasteiger charge is 2.37. The van der Waals surface area contributed by atoms with E-state index in [4.69, 9.17) is 0 Å². The zero-order chi connectivity index (χ0) is 14.5. The van der Waals surface area contributed by atoms with Gasteiger partial charge in [-0.2, -0.15) is 0 Å². The molecule has 1 aromatic rings. The number of unbranched alkanes of at least 4 members (excludes halogenated alkanes) is 1. The number of rotatable bonds is 5. The highest BCUT2D eigenvalue weighted by Crippen LogP contribution is 2.16. The van der Waals surface area contributed by atoms with Gasteiger partial charge in [-0.15, -0.1) is 0 Å². The second-order valence-electron chi connectivity index (χ2n) is 5.36. The van der Waals surface area contributed by atoms with Crippen LogP contribution in [0.4, 0.5) is 0 Å². The van der Waals surface area contributed by atoms with Crippen LogP contribution in [0.2, 0.25) is 0 Å². The predicted octanol–water partition coefficient (Wildman–Crippen LogP) is 1.74. The smallest absolute Gasteiger partial charge is 0.245 e. The summed E-state index contributed by atoms with van der Waals surface area (Å²) >= 11 is 0. The molecule has 4 nitrogen and oxygen atoms in total. The molecule has 0 saturated carbocycles. The van der Waals surface area contributed by atoms with E-state index in [1.54, 1.807) is 11.9 Å². The van der Waals surface area contributed by atoms with Gasteiger partial charge in [0.15, 0.2) is 0 Å². The third-order valence-corrected chi connectivity index (χ3v) is 3.85. The van der Waals surface area contributed by atoms with Crippen molar-refractivity contribution >= 4 is 11.8 Å². The second-order valence-corrected chi connectivity index (χ2v) is 5.36. The van der Waals surface area contributed by atoms with Gasteiger partial charge in [-0.25, -0.2) is 0 Å². The number of likely N-dealkylation sites (N-methyl/N-ethyl adjacent to an activating group) is 1. The van der Waals surface area contributed by atoms with Crippen molar-refractivity contribution in [1.29, 1.82) is 0 Å². The highest BCUT2D eigenvalue weighted by atomic mass is 16.2. The van der Waals surface area contributed by atoms with Crippen molar-refractivity contribution in [3.63, 3.8) is 0 Å². The zero-order valence-electron chi connectivity index (χ0n) is 12.1. The van der Waals surface area contributed by atoms with Gasteiger partial charge < -0.3 is 10.2 Å². The summed E-state index contributed by atoms with van der Waals surface area (Å²) in [5, 5.41) is 2.87. The first kappa shape index (κ1) is 14.6. The van der Waals surface area contributed by atoms with Crippen LogP contribution in [0.3, 0.4) is 0 Å². The molecule has 0 aromatic heterocycles. The molecular weight excluding hydrogens is 252 g/mol. The van der Waals surface area contributed by atoms with Crippen LogP contribution >= 0.6 is 0 Å². The van der Waals surface area contributed by atoms with E-state index < -0.39 is 6.04 Å². The van der Waals surface area contributed by atoms with E-state index in [1.165, 1.54) is 0 Å². The summed E-state index contributed by atoms with van der Waals surface area (Å²) in [5.41, 5.74) is 1.06. The minimum absolute atomic E-state index is 0.00885. The Balaban J connectivity index is 2.04. The van der Waals surface area contributed by atoms with Crippen LogP contribution < -0.4 is 5.32 Å². The van der Waals surface area contributed by atoms with Crippen LogP contribution in [-0.2, 0) is 16.0 Å². The monoisotopic (exact) mass is 274 g/mol. The number of carbonyl (C=O) groups is 2. The summed E-state index contributed by atoms with van der Waals surface area (Å²) in [6.45, 7) is 2.08. The molecule has 4 heteroatoms. The second kappa shape index (κ2) is 6.55. The SMILES string of the molecule is CCCC[C@H]1C(=O)N[C@@H](Cc2ccccc2)C(=O)N1C. The molecule has 2 atom stereocenters. The fourth-order valence-electron chi connectivity index (χ4n) is 2.62. The maximum absolute atomic E-state index is 12.4. The lowest BCUT2D eigenvalue weighted by atomic mass is 9.98. The van der Waals surface area contributed by atoms with Crippen molar-refractivity contribution in [1.82, 2.24) is 10.2 Å². The fraction of sp³-hybridized carbons (Fsp3) is 0.500. The summed E-state index contributed by atoms with van der Waals surface area (Å²) in [7, 11) is 1.74. The first-order valence-electron chi connectivity index (χ1n) is 7.24. The Morgan fingerprint density at radius 1 is 1.20 bits per heavy atom. The number of amides is 2. The number of benzene rings is 1. The van der Waals surface area contributed by atoms with Gasteiger partial charge >= 0.3 is 0 Å². The van der Waals surface area contributed by atoms with Crippen LogP contribution in [0.15, 0.2) is 30.3 Å². The van der Waals surface area contributed by atoms with Crippen molar-refractivity contribution < 1.29 is 9.59 Å². The fourth-order valence-corrected chi connectivity index (χ4v) is 2.62. The standard InChI is InChI=1S/C16H22N2O2/c1-3-4-10-14-15(19)17-13(16(20)18(14)2)11-12-8-6-5-7-9-12/h5-9,13-14H,3-4,10-11H2,1-2H3,(H,17,19)/t13-,14-/m0/s1. The molecule has 1 N–H and O–H groups in total. The number of piperazine rings is 1. The van der Waals surface area contributed by atoms with E-state index in [0.717, 1.165) is 24.8 Å². The molecule has 1 aliphatic heterocycles. The summed E-state index contributed by atoms with van der Waals surface area (Å²) in [6.07, 6.45) is 3.27. The van der Waals surface area contributed by atoms with Gasteiger partial charge in [-0.3, -0.25) is 9.59 Å². The largest absolute Gasteiger partial charge is 0.342 e. The molecule has 1 fully saturated rings. The van der Waals surface area contributed by atoms with Crippen molar-refractivity contribution in [3.8, 4) is 0 Å². The molecule has 0 bridgehead atoms. The Hall–Kier alpha value is -1.84. The first-order valence-corrected chi connectivity index (χ1v) is 7.24. The summed E-state index contributed by atoms with van der Waals surface area (Å²) in [6, 6.07) is 9.03. The van der Waals surface area contributed by atoms with E-state index in [2.05, 4.69) is 12.2 Å². The van der Waals surface area contributed by atoms with E-state index in [1.807, 2.05) is 30.3 Å². The number of carbonyl (C=O) groups excluding carboxylic acids is 2. The molecular formula is C16H22N2O2. The lowest BCUT2D eigenvalue weighted by Crippen LogP contribution is -2.62. The highest BCUT2D eigenvalue weighted by molar-refractivity contribution is 5.96. The Morgan fingerprint density at radius 3 is 2.55 bits per heavy atom. The van der Waals surface area contributed by atoms with Crippen molar-refractivity contribution in [2.45, 2.75) is 44.7 Å². The topological polar surface area (TPSA) is 49.4 Å². The number of hydrogen-bond donors (Lipinski definition) is 1. The average Bonchev–Trinajstić information content (AvgIpc) is 2.45. The van der Waals surface area contributed by atoms with Crippen LogP contribution in [-0.4, -0.2) is 35.8 Å². The summed E-state index contributed by atoms with van der Waals surface area (Å²) in [4.78, 5) is 26.1. The lowest BCUT2D eigenvalue weighted by molar-refractivity contribution is -0.147. The van der Waals surface area contributed by atoms with Crippen LogP contribution in [0.25, 0.3) is 0 Å². The van der Waals surface area contributed by atoms with E-state index >= 15 is 0 Å². The van der Waals surface area contributed by atoms with Crippen molar-refractivity contribution in [3.05, 3.63) is 35.9 Å². The number of nitrogens with zero attached hydrogens (tertiary/aromatic N) is 1. The molecule has 1 aromatic carbocycles. The van der Waals surface area contributed by atoms with Gasteiger partial charge in [0.25, 0.3) is 0 Å². The maximum atomic E-state index is 12.4. The maximum Gasteiger partial charge on any atom is 0.245 e. The zero-order valence-corrected chi connectivity index (χ0v) is 12.1. The van der Waals surface area contributed by atoms with Gasteiger partial charge in [-0.05, 0) is 12.0 Å². The lowest BCUT2D eigenvalue weighted by Gasteiger charge is -2.36. The molecule has 1 heterocycles. The minimum atomic E-state index is -0.437. The molecule has 1 saturated heterocycles. The Bertz CT molecular complexity index is 473.